The molecule has 1 heterocycles. The quantitative estimate of drug-likeness (QED) is 0.779. The van der Waals surface area contributed by atoms with Gasteiger partial charge in [0, 0.05) is 37.3 Å². The fourth-order valence-corrected chi connectivity index (χ4v) is 3.33. The highest BCUT2D eigenvalue weighted by Gasteiger charge is 2.31. The summed E-state index contributed by atoms with van der Waals surface area (Å²) in [7, 11) is 0. The third-order valence-electron chi connectivity index (χ3n) is 4.67. The third-order valence-corrected chi connectivity index (χ3v) is 4.67. The number of amides is 1. The van der Waals surface area contributed by atoms with Gasteiger partial charge in [0.25, 0.3) is 0 Å². The molecule has 0 saturated carbocycles. The molecule has 3 nitrogen and oxygen atoms in total. The maximum atomic E-state index is 12.6. The lowest BCUT2D eigenvalue weighted by molar-refractivity contribution is -0.137. The van der Waals surface area contributed by atoms with Crippen molar-refractivity contribution in [3.63, 3.8) is 0 Å². The van der Waals surface area contributed by atoms with Crippen molar-refractivity contribution in [1.82, 2.24) is 4.90 Å². The largest absolute Gasteiger partial charge is 0.368 e. The van der Waals surface area contributed by atoms with Crippen LogP contribution in [0.5, 0.6) is 0 Å². The third kappa shape index (κ3) is 2.97. The number of benzene rings is 1. The molecule has 0 bridgehead atoms. The minimum Gasteiger partial charge on any atom is -0.368 e. The normalized spacial score (nSPS) is 22.9. The van der Waals surface area contributed by atoms with Gasteiger partial charge in [0.15, 0.2) is 0 Å². The van der Waals surface area contributed by atoms with Crippen molar-refractivity contribution >= 4 is 11.6 Å². The summed E-state index contributed by atoms with van der Waals surface area (Å²) in [6.45, 7) is 6.97. The van der Waals surface area contributed by atoms with Crippen LogP contribution in [0.25, 0.3) is 0 Å². The Hall–Kier alpha value is -1.77. The summed E-state index contributed by atoms with van der Waals surface area (Å²) in [5.74, 6) is 0.537. The number of carbonyl (C=O) groups excluding carboxylic acids is 1. The van der Waals surface area contributed by atoms with Crippen molar-refractivity contribution in [3.8, 4) is 0 Å². The zero-order valence-corrected chi connectivity index (χ0v) is 13.0. The zero-order valence-electron chi connectivity index (χ0n) is 13.0. The summed E-state index contributed by atoms with van der Waals surface area (Å²) >= 11 is 0. The summed E-state index contributed by atoms with van der Waals surface area (Å²) in [4.78, 5) is 17.0. The molecule has 21 heavy (non-hydrogen) atoms. The van der Waals surface area contributed by atoms with Crippen LogP contribution >= 0.6 is 0 Å². The molecule has 3 rings (SSSR count). The minimum atomic E-state index is 0.193. The van der Waals surface area contributed by atoms with Crippen molar-refractivity contribution in [1.29, 1.82) is 0 Å². The van der Waals surface area contributed by atoms with Crippen LogP contribution in [0.3, 0.4) is 0 Å². The molecule has 1 amide bonds. The Morgan fingerprint density at radius 3 is 2.38 bits per heavy atom. The molecule has 1 aliphatic carbocycles. The molecule has 2 aliphatic rings. The Morgan fingerprint density at radius 2 is 1.76 bits per heavy atom. The van der Waals surface area contributed by atoms with Gasteiger partial charge < -0.3 is 9.80 Å². The molecule has 1 fully saturated rings. The lowest BCUT2D eigenvalue weighted by atomic mass is 10.0. The second kappa shape index (κ2) is 5.92. The van der Waals surface area contributed by atoms with Crippen LogP contribution in [0, 0.1) is 12.8 Å². The smallest absolute Gasteiger partial charge is 0.226 e. The highest BCUT2D eigenvalue weighted by atomic mass is 16.2. The number of piperazine rings is 1. The Balaban J connectivity index is 1.63. The van der Waals surface area contributed by atoms with Gasteiger partial charge in [0.05, 0.1) is 0 Å². The predicted octanol–water partition coefficient (Wildman–Crippen LogP) is 3.00. The van der Waals surface area contributed by atoms with Crippen molar-refractivity contribution < 1.29 is 4.79 Å². The first-order chi connectivity index (χ1) is 10.1. The minimum absolute atomic E-state index is 0.193. The second-order valence-electron chi connectivity index (χ2n) is 6.30. The van der Waals surface area contributed by atoms with Crippen LogP contribution in [0.1, 0.15) is 25.3 Å². The van der Waals surface area contributed by atoms with E-state index in [1.807, 2.05) is 0 Å². The lowest BCUT2D eigenvalue weighted by Gasteiger charge is -2.42. The fourth-order valence-electron chi connectivity index (χ4n) is 3.33. The average Bonchev–Trinajstić information content (AvgIpc) is 3.01. The van der Waals surface area contributed by atoms with Crippen LogP contribution in [-0.2, 0) is 4.79 Å². The molecule has 0 N–H and O–H groups in total. The molecule has 0 aromatic heterocycles. The second-order valence-corrected chi connectivity index (χ2v) is 6.30. The number of hydrogen-bond acceptors (Lipinski definition) is 2. The first-order valence-corrected chi connectivity index (χ1v) is 7.92. The highest BCUT2D eigenvalue weighted by Crippen LogP contribution is 2.25. The molecule has 0 spiro atoms. The van der Waals surface area contributed by atoms with Gasteiger partial charge in [-0.15, -0.1) is 0 Å². The summed E-state index contributed by atoms with van der Waals surface area (Å²) in [6.07, 6.45) is 6.11. The van der Waals surface area contributed by atoms with Gasteiger partial charge in [0.2, 0.25) is 5.91 Å². The van der Waals surface area contributed by atoms with E-state index in [2.05, 4.69) is 60.1 Å². The maximum Gasteiger partial charge on any atom is 0.226 e. The Labute approximate surface area is 127 Å². The number of anilines is 1. The Morgan fingerprint density at radius 1 is 1.10 bits per heavy atom. The van der Waals surface area contributed by atoms with Gasteiger partial charge in [-0.2, -0.15) is 0 Å². The monoisotopic (exact) mass is 284 g/mol. The van der Waals surface area contributed by atoms with Crippen LogP contribution in [0.4, 0.5) is 5.69 Å². The summed E-state index contributed by atoms with van der Waals surface area (Å²) in [5, 5.41) is 0. The summed E-state index contributed by atoms with van der Waals surface area (Å²) < 4.78 is 0. The van der Waals surface area contributed by atoms with Gasteiger partial charge >= 0.3 is 0 Å². The maximum absolute atomic E-state index is 12.6. The van der Waals surface area contributed by atoms with Gasteiger partial charge in [-0.1, -0.05) is 29.8 Å². The van der Waals surface area contributed by atoms with E-state index in [0.29, 0.717) is 5.91 Å². The standard InChI is InChI=1S/C18H24N2O/c1-14-7-9-17(10-8-14)19-11-12-20(15(2)13-19)18(21)16-5-3-4-6-16/h3-4,7-10,15-16H,5-6,11-13H2,1-2H3. The van der Waals surface area contributed by atoms with E-state index in [-0.39, 0.29) is 12.0 Å². The molecule has 3 heteroatoms. The van der Waals surface area contributed by atoms with Gasteiger partial charge in [-0.3, -0.25) is 4.79 Å². The number of rotatable bonds is 2. The highest BCUT2D eigenvalue weighted by molar-refractivity contribution is 5.80. The van der Waals surface area contributed by atoms with Crippen LogP contribution in [-0.4, -0.2) is 36.5 Å². The molecular formula is C18H24N2O. The molecule has 1 saturated heterocycles. The van der Waals surface area contributed by atoms with Gasteiger partial charge in [-0.25, -0.2) is 0 Å². The van der Waals surface area contributed by atoms with E-state index >= 15 is 0 Å². The molecular weight excluding hydrogens is 260 g/mol. The Kier molecular flexibility index (Phi) is 4.00. The van der Waals surface area contributed by atoms with Gasteiger partial charge in [0.1, 0.15) is 0 Å². The van der Waals surface area contributed by atoms with Crippen molar-refractivity contribution in [3.05, 3.63) is 42.0 Å². The summed E-state index contributed by atoms with van der Waals surface area (Å²) in [5.41, 5.74) is 2.55. The van der Waals surface area contributed by atoms with E-state index in [1.54, 1.807) is 0 Å². The zero-order chi connectivity index (χ0) is 14.8. The van der Waals surface area contributed by atoms with E-state index in [4.69, 9.17) is 0 Å². The van der Waals surface area contributed by atoms with E-state index in [9.17, 15) is 4.79 Å². The van der Waals surface area contributed by atoms with Crippen LogP contribution in [0.15, 0.2) is 36.4 Å². The van der Waals surface area contributed by atoms with Gasteiger partial charge in [-0.05, 0) is 38.8 Å². The Bertz CT molecular complexity index is 527. The molecule has 1 aromatic carbocycles. The number of allylic oxidation sites excluding steroid dienone is 2. The first-order valence-electron chi connectivity index (χ1n) is 7.92. The average molecular weight is 284 g/mol. The van der Waals surface area contributed by atoms with Crippen molar-refractivity contribution in [2.24, 2.45) is 5.92 Å². The SMILES string of the molecule is Cc1ccc(N2CCN(C(=O)C3CC=CC3)C(C)C2)cc1. The number of nitrogens with zero attached hydrogens (tertiary/aromatic N) is 2. The molecule has 1 unspecified atom stereocenters. The van der Waals surface area contributed by atoms with Crippen molar-refractivity contribution in [2.75, 3.05) is 24.5 Å². The first kappa shape index (κ1) is 14.2. The van der Waals surface area contributed by atoms with Crippen LogP contribution < -0.4 is 4.90 Å². The van der Waals surface area contributed by atoms with E-state index in [0.717, 1.165) is 32.5 Å². The van der Waals surface area contributed by atoms with Crippen LogP contribution in [0.2, 0.25) is 0 Å². The van der Waals surface area contributed by atoms with E-state index in [1.165, 1.54) is 11.3 Å². The lowest BCUT2D eigenvalue weighted by Crippen LogP contribution is -2.55. The molecule has 112 valence electrons. The number of aryl methyl sites for hydroxylation is 1. The fraction of sp³-hybridized carbons (Fsp3) is 0.500. The number of hydrogen-bond donors (Lipinski definition) is 0. The summed E-state index contributed by atoms with van der Waals surface area (Å²) in [6, 6.07) is 8.96. The number of carbonyl (C=O) groups is 1. The molecule has 1 aliphatic heterocycles. The predicted molar refractivity (Wildman–Crippen MR) is 86.4 cm³/mol. The topological polar surface area (TPSA) is 23.6 Å². The molecule has 1 atom stereocenters. The molecule has 1 aromatic rings. The van der Waals surface area contributed by atoms with Crippen molar-refractivity contribution in [2.45, 2.75) is 32.7 Å². The van der Waals surface area contributed by atoms with E-state index < -0.39 is 0 Å². The molecule has 0 radical (unpaired) electrons.